The molecule has 1 saturated heterocycles. The Morgan fingerprint density at radius 2 is 1.82 bits per heavy atom. The SMILES string of the molecule is COC1CC(OC)C2C(=O)[C@@]3(OC2C1Cl)C1=C(C[C@@](CN)(C2CCCCC2Cl)O1)C(=O)C[C@H]3C. The zero-order valence-corrected chi connectivity index (χ0v) is 21.6. The number of alkyl halides is 2. The molecule has 7 unspecified atom stereocenters. The monoisotopic (exact) mass is 515 g/mol. The Morgan fingerprint density at radius 1 is 1.12 bits per heavy atom. The van der Waals surface area contributed by atoms with Crippen molar-refractivity contribution in [3.63, 3.8) is 0 Å². The van der Waals surface area contributed by atoms with Crippen LogP contribution in [0.3, 0.4) is 0 Å². The third kappa shape index (κ3) is 3.37. The van der Waals surface area contributed by atoms with Gasteiger partial charge in [-0.3, -0.25) is 9.59 Å². The molecule has 2 N–H and O–H groups in total. The average molecular weight is 516 g/mol. The first-order chi connectivity index (χ1) is 16.2. The van der Waals surface area contributed by atoms with Gasteiger partial charge in [0.25, 0.3) is 0 Å². The van der Waals surface area contributed by atoms with Crippen molar-refractivity contribution in [2.45, 2.75) is 92.1 Å². The molecule has 0 aromatic carbocycles. The van der Waals surface area contributed by atoms with E-state index >= 15 is 0 Å². The lowest BCUT2D eigenvalue weighted by Gasteiger charge is -2.43. The summed E-state index contributed by atoms with van der Waals surface area (Å²) in [6, 6.07) is 0. The fourth-order valence-electron chi connectivity index (χ4n) is 7.22. The summed E-state index contributed by atoms with van der Waals surface area (Å²) in [6.07, 6.45) is 3.65. The molecule has 0 bridgehead atoms. The minimum Gasteiger partial charge on any atom is -0.486 e. The van der Waals surface area contributed by atoms with Crippen LogP contribution in [-0.2, 0) is 28.5 Å². The molecule has 7 nitrogen and oxygen atoms in total. The predicted molar refractivity (Wildman–Crippen MR) is 127 cm³/mol. The molecule has 1 spiro atoms. The van der Waals surface area contributed by atoms with Gasteiger partial charge in [0.15, 0.2) is 17.2 Å². The third-order valence-corrected chi connectivity index (χ3v) is 10.2. The Bertz CT molecular complexity index is 897. The van der Waals surface area contributed by atoms with Gasteiger partial charge in [0.1, 0.15) is 11.4 Å². The minimum atomic E-state index is -1.38. The molecule has 0 aromatic rings. The second-order valence-corrected chi connectivity index (χ2v) is 11.8. The van der Waals surface area contributed by atoms with Gasteiger partial charge in [-0.1, -0.05) is 19.8 Å². The van der Waals surface area contributed by atoms with Crippen molar-refractivity contribution in [3.05, 3.63) is 11.3 Å². The predicted octanol–water partition coefficient (Wildman–Crippen LogP) is 3.13. The number of methoxy groups -OCH3 is 2. The fourth-order valence-corrected chi connectivity index (χ4v) is 8.15. The van der Waals surface area contributed by atoms with Crippen molar-refractivity contribution in [3.8, 4) is 0 Å². The lowest BCUT2D eigenvalue weighted by atomic mass is 9.69. The molecule has 34 heavy (non-hydrogen) atoms. The summed E-state index contributed by atoms with van der Waals surface area (Å²) in [6.45, 7) is 2.10. The summed E-state index contributed by atoms with van der Waals surface area (Å²) in [5, 5.41) is -0.609. The highest BCUT2D eigenvalue weighted by Gasteiger charge is 2.70. The molecule has 2 aliphatic heterocycles. The number of hydrogen-bond acceptors (Lipinski definition) is 7. The maximum absolute atomic E-state index is 14.2. The number of nitrogens with two attached hydrogens (primary N) is 1. The molecule has 2 heterocycles. The Balaban J connectivity index is 1.57. The van der Waals surface area contributed by atoms with E-state index in [9.17, 15) is 9.59 Å². The van der Waals surface area contributed by atoms with Crippen LogP contribution in [0.5, 0.6) is 0 Å². The van der Waals surface area contributed by atoms with Gasteiger partial charge in [-0.15, -0.1) is 23.2 Å². The topological polar surface area (TPSA) is 97.1 Å². The Kier molecular flexibility index (Phi) is 6.61. The fraction of sp³-hybridized carbons (Fsp3) is 0.840. The lowest BCUT2D eigenvalue weighted by Crippen LogP contribution is -2.53. The molecule has 3 fully saturated rings. The number of fused-ring (bicyclic) bond motifs is 2. The largest absolute Gasteiger partial charge is 0.486 e. The first-order valence-corrected chi connectivity index (χ1v) is 13.3. The van der Waals surface area contributed by atoms with Crippen LogP contribution >= 0.6 is 23.2 Å². The Labute approximate surface area is 211 Å². The van der Waals surface area contributed by atoms with Gasteiger partial charge >= 0.3 is 0 Å². The van der Waals surface area contributed by atoms with Gasteiger partial charge in [-0.05, 0) is 12.8 Å². The van der Waals surface area contributed by atoms with E-state index in [1.165, 1.54) is 0 Å². The van der Waals surface area contributed by atoms with Crippen LogP contribution < -0.4 is 5.73 Å². The van der Waals surface area contributed by atoms with Crippen LogP contribution in [0.2, 0.25) is 0 Å². The molecule has 2 saturated carbocycles. The van der Waals surface area contributed by atoms with Gasteiger partial charge in [-0.2, -0.15) is 0 Å². The van der Waals surface area contributed by atoms with E-state index in [0.717, 1.165) is 25.7 Å². The number of carbonyl (C=O) groups excluding carboxylic acids is 2. The van der Waals surface area contributed by atoms with Crippen molar-refractivity contribution < 1.29 is 28.5 Å². The number of Topliss-reactive ketones (excluding diaryl/α,β-unsaturated/α-hetero) is 2. The van der Waals surface area contributed by atoms with Gasteiger partial charge in [-0.25, -0.2) is 0 Å². The smallest absolute Gasteiger partial charge is 0.187 e. The van der Waals surface area contributed by atoms with Gasteiger partial charge in [0.05, 0.1) is 29.6 Å². The molecule has 5 rings (SSSR count). The van der Waals surface area contributed by atoms with Gasteiger partial charge in [0.2, 0.25) is 0 Å². The molecule has 0 amide bonds. The van der Waals surface area contributed by atoms with Crippen molar-refractivity contribution in [1.82, 2.24) is 0 Å². The van der Waals surface area contributed by atoms with Crippen molar-refractivity contribution in [1.29, 1.82) is 0 Å². The maximum atomic E-state index is 14.2. The van der Waals surface area contributed by atoms with E-state index in [0.29, 0.717) is 24.2 Å². The summed E-state index contributed by atoms with van der Waals surface area (Å²) in [4.78, 5) is 27.5. The number of ether oxygens (including phenoxy) is 4. The molecule has 190 valence electrons. The molecule has 0 radical (unpaired) electrons. The molecule has 3 aliphatic carbocycles. The summed E-state index contributed by atoms with van der Waals surface area (Å²) in [5.74, 6) is -0.722. The molecule has 10 atom stereocenters. The van der Waals surface area contributed by atoms with Crippen LogP contribution in [0.25, 0.3) is 0 Å². The van der Waals surface area contributed by atoms with Crippen molar-refractivity contribution >= 4 is 34.8 Å². The molecular formula is C25H35Cl2NO6. The Hall–Kier alpha value is -0.700. The molecular weight excluding hydrogens is 481 g/mol. The summed E-state index contributed by atoms with van der Waals surface area (Å²) < 4.78 is 24.7. The van der Waals surface area contributed by atoms with E-state index in [1.54, 1.807) is 14.2 Å². The van der Waals surface area contributed by atoms with Crippen LogP contribution in [0.1, 0.15) is 51.9 Å². The zero-order chi connectivity index (χ0) is 24.4. The average Bonchev–Trinajstić information content (AvgIpc) is 3.38. The van der Waals surface area contributed by atoms with E-state index in [2.05, 4.69) is 0 Å². The highest BCUT2D eigenvalue weighted by Crippen LogP contribution is 2.58. The normalized spacial score (nSPS) is 48.8. The standard InChI is InChI=1S/C25H35Cl2NO6/c1-12-8-16(29)13-10-24(11-28,14-6-4-5-7-15(14)26)34-23(13)25(12)22(30)19-17(31-2)9-18(32-3)20(27)21(19)33-25/h12,14-15,17-21H,4-11,28H2,1-3H3/t12-,14?,15?,17?,18?,19?,20?,21?,24-,25-/m1/s1. The second-order valence-electron chi connectivity index (χ2n) is 10.7. The van der Waals surface area contributed by atoms with Crippen LogP contribution in [0, 0.1) is 17.8 Å². The van der Waals surface area contributed by atoms with Crippen LogP contribution in [-0.4, -0.2) is 72.6 Å². The lowest BCUT2D eigenvalue weighted by molar-refractivity contribution is -0.152. The summed E-state index contributed by atoms with van der Waals surface area (Å²) in [7, 11) is 3.19. The van der Waals surface area contributed by atoms with Crippen molar-refractivity contribution in [2.75, 3.05) is 20.8 Å². The highest BCUT2D eigenvalue weighted by molar-refractivity contribution is 6.22. The number of halogens is 2. The van der Waals surface area contributed by atoms with Gasteiger partial charge in [0, 0.05) is 62.8 Å². The summed E-state index contributed by atoms with van der Waals surface area (Å²) in [5.41, 5.74) is 4.68. The van der Waals surface area contributed by atoms with Crippen LogP contribution in [0.15, 0.2) is 11.3 Å². The second kappa shape index (κ2) is 9.00. The van der Waals surface area contributed by atoms with Crippen LogP contribution in [0.4, 0.5) is 0 Å². The summed E-state index contributed by atoms with van der Waals surface area (Å²) >= 11 is 13.6. The number of hydrogen-bond donors (Lipinski definition) is 1. The number of carbonyl (C=O) groups is 2. The van der Waals surface area contributed by atoms with Crippen molar-refractivity contribution in [2.24, 2.45) is 23.5 Å². The molecule has 5 aliphatic rings. The van der Waals surface area contributed by atoms with E-state index in [4.69, 9.17) is 47.9 Å². The third-order valence-electron chi connectivity index (χ3n) is 9.10. The van der Waals surface area contributed by atoms with E-state index in [-0.39, 0.29) is 41.9 Å². The number of rotatable bonds is 4. The molecule has 0 aromatic heterocycles. The minimum absolute atomic E-state index is 0.00262. The van der Waals surface area contributed by atoms with E-state index < -0.39 is 40.6 Å². The van der Waals surface area contributed by atoms with Gasteiger partial charge < -0.3 is 24.7 Å². The zero-order valence-electron chi connectivity index (χ0n) is 20.1. The molecule has 9 heteroatoms. The van der Waals surface area contributed by atoms with E-state index in [1.807, 2.05) is 6.92 Å². The maximum Gasteiger partial charge on any atom is 0.187 e. The number of ketones is 2. The first-order valence-electron chi connectivity index (χ1n) is 12.5. The highest BCUT2D eigenvalue weighted by atomic mass is 35.5. The first kappa shape index (κ1) is 25.0. The Morgan fingerprint density at radius 3 is 2.47 bits per heavy atom. The quantitative estimate of drug-likeness (QED) is 0.574.